The molecule has 24 heavy (non-hydrogen) atoms. The summed E-state index contributed by atoms with van der Waals surface area (Å²) in [7, 11) is 0. The third-order valence-corrected chi connectivity index (χ3v) is 4.23. The number of hydrogen-bond acceptors (Lipinski definition) is 5. The summed E-state index contributed by atoms with van der Waals surface area (Å²) in [5, 5.41) is 2.93. The van der Waals surface area contributed by atoms with Crippen LogP contribution in [-0.2, 0) is 4.79 Å². The number of hydrazine groups is 1. The molecule has 0 bridgehead atoms. The molecular formula is C18H19N3O3. The molecule has 0 spiro atoms. The van der Waals surface area contributed by atoms with Gasteiger partial charge in [0.05, 0.1) is 0 Å². The lowest BCUT2D eigenvalue weighted by Crippen LogP contribution is -2.39. The number of amides is 1. The number of rotatable bonds is 3. The highest BCUT2D eigenvalue weighted by atomic mass is 16.6. The van der Waals surface area contributed by atoms with Gasteiger partial charge in [-0.1, -0.05) is 30.3 Å². The van der Waals surface area contributed by atoms with E-state index in [9.17, 15) is 4.79 Å². The Morgan fingerprint density at radius 2 is 1.79 bits per heavy atom. The molecule has 3 N–H and O–H groups in total. The first-order chi connectivity index (χ1) is 11.8. The Labute approximate surface area is 140 Å². The normalized spacial score (nSPS) is 22.2. The first-order valence-electron chi connectivity index (χ1n) is 8.06. The smallest absolute Gasteiger partial charge is 0.242 e. The standard InChI is InChI=1S/C18H19N3O3/c22-18(15-11-14(20-21-15)12-4-2-1-3-5-12)19-13-6-7-16-17(10-13)24-9-8-23-16/h1-7,10,14-15,20-21H,8-9,11H2,(H,19,22). The van der Waals surface area contributed by atoms with E-state index < -0.39 is 0 Å². The van der Waals surface area contributed by atoms with Gasteiger partial charge in [0.25, 0.3) is 0 Å². The molecule has 0 aromatic heterocycles. The highest BCUT2D eigenvalue weighted by molar-refractivity contribution is 5.95. The van der Waals surface area contributed by atoms with Crippen molar-refractivity contribution in [2.75, 3.05) is 18.5 Å². The SMILES string of the molecule is O=C(Nc1ccc2c(c1)OCCO2)C1CC(c2ccccc2)NN1. The second kappa shape index (κ2) is 6.51. The fourth-order valence-corrected chi connectivity index (χ4v) is 2.98. The topological polar surface area (TPSA) is 71.6 Å². The van der Waals surface area contributed by atoms with Crippen molar-refractivity contribution in [3.8, 4) is 11.5 Å². The van der Waals surface area contributed by atoms with Crippen LogP contribution in [0.15, 0.2) is 48.5 Å². The van der Waals surface area contributed by atoms with Crippen LogP contribution in [0, 0.1) is 0 Å². The summed E-state index contributed by atoms with van der Waals surface area (Å²) < 4.78 is 11.0. The van der Waals surface area contributed by atoms with E-state index in [1.165, 1.54) is 5.56 Å². The van der Waals surface area contributed by atoms with Gasteiger partial charge in [0.1, 0.15) is 19.3 Å². The molecule has 2 aromatic rings. The fourth-order valence-electron chi connectivity index (χ4n) is 2.98. The molecule has 4 rings (SSSR count). The molecule has 0 saturated carbocycles. The van der Waals surface area contributed by atoms with Crippen molar-refractivity contribution in [3.63, 3.8) is 0 Å². The van der Waals surface area contributed by atoms with Crippen molar-refractivity contribution in [1.82, 2.24) is 10.9 Å². The molecular weight excluding hydrogens is 306 g/mol. The van der Waals surface area contributed by atoms with Gasteiger partial charge in [-0.3, -0.25) is 4.79 Å². The fraction of sp³-hybridized carbons (Fsp3) is 0.278. The van der Waals surface area contributed by atoms with E-state index in [1.54, 1.807) is 6.07 Å². The summed E-state index contributed by atoms with van der Waals surface area (Å²) in [6, 6.07) is 15.4. The number of anilines is 1. The van der Waals surface area contributed by atoms with E-state index in [4.69, 9.17) is 9.47 Å². The van der Waals surface area contributed by atoms with Crippen LogP contribution < -0.4 is 25.6 Å². The second-order valence-corrected chi connectivity index (χ2v) is 5.89. The number of benzene rings is 2. The molecule has 2 aliphatic rings. The first-order valence-corrected chi connectivity index (χ1v) is 8.06. The molecule has 2 heterocycles. The average molecular weight is 325 g/mol. The van der Waals surface area contributed by atoms with Crippen molar-refractivity contribution >= 4 is 11.6 Å². The molecule has 1 saturated heterocycles. The summed E-state index contributed by atoms with van der Waals surface area (Å²) in [6.45, 7) is 1.08. The third kappa shape index (κ3) is 3.06. The minimum atomic E-state index is -0.289. The van der Waals surface area contributed by atoms with Crippen LogP contribution in [0.4, 0.5) is 5.69 Å². The van der Waals surface area contributed by atoms with Crippen LogP contribution >= 0.6 is 0 Å². The van der Waals surface area contributed by atoms with Crippen LogP contribution in [0.2, 0.25) is 0 Å². The minimum Gasteiger partial charge on any atom is -0.486 e. The minimum absolute atomic E-state index is 0.0717. The van der Waals surface area contributed by atoms with Gasteiger partial charge in [0, 0.05) is 17.8 Å². The van der Waals surface area contributed by atoms with E-state index in [1.807, 2.05) is 30.3 Å². The summed E-state index contributed by atoms with van der Waals surface area (Å²) in [5.41, 5.74) is 8.12. The molecule has 1 fully saturated rings. The Morgan fingerprint density at radius 1 is 1.00 bits per heavy atom. The van der Waals surface area contributed by atoms with Crippen molar-refractivity contribution in [1.29, 1.82) is 0 Å². The van der Waals surface area contributed by atoms with Gasteiger partial charge in [0.15, 0.2) is 11.5 Å². The van der Waals surface area contributed by atoms with Crippen LogP contribution in [0.25, 0.3) is 0 Å². The highest BCUT2D eigenvalue weighted by Gasteiger charge is 2.30. The average Bonchev–Trinajstić information content (AvgIpc) is 3.13. The lowest BCUT2D eigenvalue weighted by molar-refractivity contribution is -0.117. The Hall–Kier alpha value is -2.57. The number of carbonyl (C=O) groups excluding carboxylic acids is 1. The third-order valence-electron chi connectivity index (χ3n) is 4.23. The molecule has 124 valence electrons. The summed E-state index contributed by atoms with van der Waals surface area (Å²) >= 11 is 0. The number of carbonyl (C=O) groups is 1. The van der Waals surface area contributed by atoms with E-state index in [-0.39, 0.29) is 18.0 Å². The Morgan fingerprint density at radius 3 is 2.62 bits per heavy atom. The maximum Gasteiger partial charge on any atom is 0.242 e. The molecule has 0 radical (unpaired) electrons. The Balaban J connectivity index is 1.40. The number of ether oxygens (including phenoxy) is 2. The van der Waals surface area contributed by atoms with Gasteiger partial charge >= 0.3 is 0 Å². The second-order valence-electron chi connectivity index (χ2n) is 5.89. The van der Waals surface area contributed by atoms with E-state index >= 15 is 0 Å². The van der Waals surface area contributed by atoms with Gasteiger partial charge in [-0.25, -0.2) is 10.9 Å². The predicted molar refractivity (Wildman–Crippen MR) is 89.9 cm³/mol. The molecule has 2 atom stereocenters. The summed E-state index contributed by atoms with van der Waals surface area (Å²) in [4.78, 5) is 12.5. The monoisotopic (exact) mass is 325 g/mol. The van der Waals surface area contributed by atoms with Gasteiger partial charge in [-0.2, -0.15) is 0 Å². The van der Waals surface area contributed by atoms with E-state index in [0.29, 0.717) is 36.8 Å². The molecule has 1 amide bonds. The number of nitrogens with one attached hydrogen (secondary N) is 3. The van der Waals surface area contributed by atoms with Gasteiger partial charge in [-0.15, -0.1) is 0 Å². The zero-order chi connectivity index (χ0) is 16.4. The van der Waals surface area contributed by atoms with Crippen LogP contribution in [-0.4, -0.2) is 25.2 Å². The largest absolute Gasteiger partial charge is 0.486 e. The van der Waals surface area contributed by atoms with Crippen LogP contribution in [0.3, 0.4) is 0 Å². The molecule has 2 aliphatic heterocycles. The maximum atomic E-state index is 12.5. The van der Waals surface area contributed by atoms with Crippen molar-refractivity contribution in [2.45, 2.75) is 18.5 Å². The van der Waals surface area contributed by atoms with Gasteiger partial charge < -0.3 is 14.8 Å². The number of hydrogen-bond donors (Lipinski definition) is 3. The van der Waals surface area contributed by atoms with Gasteiger partial charge in [0.2, 0.25) is 5.91 Å². The number of fused-ring (bicyclic) bond motifs is 1. The molecule has 0 aliphatic carbocycles. The zero-order valence-electron chi connectivity index (χ0n) is 13.1. The zero-order valence-corrected chi connectivity index (χ0v) is 13.1. The predicted octanol–water partition coefficient (Wildman–Crippen LogP) is 2.00. The Bertz CT molecular complexity index is 736. The summed E-state index contributed by atoms with van der Waals surface area (Å²) in [6.07, 6.45) is 0.695. The maximum absolute atomic E-state index is 12.5. The quantitative estimate of drug-likeness (QED) is 0.805. The van der Waals surface area contributed by atoms with Crippen LogP contribution in [0.1, 0.15) is 18.0 Å². The Kier molecular flexibility index (Phi) is 4.06. The lowest BCUT2D eigenvalue weighted by Gasteiger charge is -2.19. The van der Waals surface area contributed by atoms with Crippen molar-refractivity contribution in [3.05, 3.63) is 54.1 Å². The van der Waals surface area contributed by atoms with E-state index in [0.717, 1.165) is 0 Å². The summed E-state index contributed by atoms with van der Waals surface area (Å²) in [5.74, 6) is 1.31. The van der Waals surface area contributed by atoms with Crippen molar-refractivity contribution in [2.24, 2.45) is 0 Å². The lowest BCUT2D eigenvalue weighted by atomic mass is 10.0. The molecule has 2 aromatic carbocycles. The first kappa shape index (κ1) is 15.0. The van der Waals surface area contributed by atoms with E-state index in [2.05, 4.69) is 28.3 Å². The van der Waals surface area contributed by atoms with Crippen LogP contribution in [0.5, 0.6) is 11.5 Å². The molecule has 6 heteroatoms. The van der Waals surface area contributed by atoms with Crippen molar-refractivity contribution < 1.29 is 14.3 Å². The molecule has 6 nitrogen and oxygen atoms in total. The molecule has 2 unspecified atom stereocenters. The highest BCUT2D eigenvalue weighted by Crippen LogP contribution is 2.32. The van der Waals surface area contributed by atoms with Gasteiger partial charge in [-0.05, 0) is 24.1 Å².